The maximum absolute atomic E-state index is 14.9. The number of carbonyl (C=O) groups is 2. The minimum Gasteiger partial charge on any atom is -0.488 e. The van der Waals surface area contributed by atoms with Crippen molar-refractivity contribution >= 4 is 17.6 Å². The van der Waals surface area contributed by atoms with Crippen molar-refractivity contribution in [1.82, 2.24) is 14.7 Å². The number of aryl methyl sites for hydroxylation is 1. The fourth-order valence-corrected chi connectivity index (χ4v) is 3.66. The Balaban J connectivity index is 1.59. The van der Waals surface area contributed by atoms with E-state index in [1.807, 2.05) is 6.92 Å². The molecular weight excluding hydrogens is 467 g/mol. The second-order valence-electron chi connectivity index (χ2n) is 8.52. The summed E-state index contributed by atoms with van der Waals surface area (Å²) in [6.07, 6.45) is 3.09. The van der Waals surface area contributed by atoms with Crippen LogP contribution in [0, 0.1) is 5.82 Å². The fourth-order valence-electron chi connectivity index (χ4n) is 3.66. The van der Waals surface area contributed by atoms with Crippen LogP contribution in [0.25, 0.3) is 0 Å². The third-order valence-electron chi connectivity index (χ3n) is 5.76. The quantitative estimate of drug-likeness (QED) is 0.451. The third kappa shape index (κ3) is 6.01. The Morgan fingerprint density at radius 3 is 2.50 bits per heavy atom. The van der Waals surface area contributed by atoms with E-state index in [4.69, 9.17) is 14.2 Å². The number of nitrogens with one attached hydrogen (secondary N) is 1. The molecule has 1 aromatic heterocycles. The first kappa shape index (κ1) is 25.2. The van der Waals surface area contributed by atoms with Gasteiger partial charge in [-0.15, -0.1) is 0 Å². The molecule has 2 heterocycles. The van der Waals surface area contributed by atoms with Crippen LogP contribution in [0.2, 0.25) is 0 Å². The van der Waals surface area contributed by atoms with Crippen molar-refractivity contribution in [3.63, 3.8) is 0 Å². The van der Waals surface area contributed by atoms with Crippen LogP contribution < -0.4 is 14.8 Å². The zero-order valence-electron chi connectivity index (χ0n) is 20.5. The van der Waals surface area contributed by atoms with E-state index in [1.165, 1.54) is 18.2 Å². The topological polar surface area (TPSA) is 94.9 Å². The van der Waals surface area contributed by atoms with E-state index >= 15 is 0 Å². The molecule has 1 N–H and O–H groups in total. The summed E-state index contributed by atoms with van der Waals surface area (Å²) >= 11 is 0. The molecule has 0 saturated carbocycles. The third-order valence-corrected chi connectivity index (χ3v) is 5.76. The predicted molar refractivity (Wildman–Crippen MR) is 131 cm³/mol. The summed E-state index contributed by atoms with van der Waals surface area (Å²) < 4.78 is 33.4. The van der Waals surface area contributed by atoms with Gasteiger partial charge in [-0.1, -0.05) is 6.92 Å². The second kappa shape index (κ2) is 11.2. The van der Waals surface area contributed by atoms with E-state index in [2.05, 4.69) is 10.4 Å². The first-order valence-corrected chi connectivity index (χ1v) is 11.7. The largest absolute Gasteiger partial charge is 0.488 e. The first-order valence-electron chi connectivity index (χ1n) is 11.7. The van der Waals surface area contributed by atoms with Gasteiger partial charge in [0.15, 0.2) is 17.4 Å². The monoisotopic (exact) mass is 496 g/mol. The average Bonchev–Trinajstić information content (AvgIpc) is 3.23. The lowest BCUT2D eigenvalue weighted by Crippen LogP contribution is -2.42. The molecule has 190 valence electrons. The summed E-state index contributed by atoms with van der Waals surface area (Å²) in [6.45, 7) is 3.67. The van der Waals surface area contributed by atoms with E-state index in [0.29, 0.717) is 37.7 Å². The van der Waals surface area contributed by atoms with Crippen LogP contribution in [0.1, 0.15) is 40.5 Å². The number of rotatable bonds is 10. The summed E-state index contributed by atoms with van der Waals surface area (Å²) in [4.78, 5) is 27.0. The smallest absolute Gasteiger partial charge is 0.257 e. The molecule has 0 radical (unpaired) electrons. The number of halogens is 1. The van der Waals surface area contributed by atoms with E-state index in [0.717, 1.165) is 12.5 Å². The van der Waals surface area contributed by atoms with Crippen LogP contribution in [0.4, 0.5) is 10.2 Å². The molecule has 0 bridgehead atoms. The van der Waals surface area contributed by atoms with Gasteiger partial charge in [0.2, 0.25) is 0 Å². The number of anilines is 1. The van der Waals surface area contributed by atoms with Crippen molar-refractivity contribution in [2.24, 2.45) is 7.05 Å². The Morgan fingerprint density at radius 2 is 1.89 bits per heavy atom. The zero-order chi connectivity index (χ0) is 25.7. The molecule has 10 heteroatoms. The molecule has 0 spiro atoms. The lowest BCUT2D eigenvalue weighted by Gasteiger charge is -2.30. The predicted octanol–water partition coefficient (Wildman–Crippen LogP) is 4.25. The average molecular weight is 497 g/mol. The van der Waals surface area contributed by atoms with Crippen molar-refractivity contribution in [2.75, 3.05) is 32.1 Å². The highest BCUT2D eigenvalue weighted by atomic mass is 19.1. The Labute approximate surface area is 208 Å². The van der Waals surface area contributed by atoms with Gasteiger partial charge < -0.3 is 24.4 Å². The van der Waals surface area contributed by atoms with Crippen molar-refractivity contribution in [3.05, 3.63) is 65.6 Å². The van der Waals surface area contributed by atoms with E-state index in [9.17, 15) is 14.0 Å². The molecule has 1 atom stereocenters. The van der Waals surface area contributed by atoms with Crippen molar-refractivity contribution < 1.29 is 28.2 Å². The molecule has 1 unspecified atom stereocenters. The van der Waals surface area contributed by atoms with Crippen LogP contribution in [-0.4, -0.2) is 59.4 Å². The van der Waals surface area contributed by atoms with E-state index in [1.54, 1.807) is 48.1 Å². The first-order chi connectivity index (χ1) is 17.4. The molecule has 2 amide bonds. The highest BCUT2D eigenvalue weighted by Crippen LogP contribution is 2.31. The van der Waals surface area contributed by atoms with Gasteiger partial charge in [0, 0.05) is 56.7 Å². The maximum Gasteiger partial charge on any atom is 0.257 e. The minimum atomic E-state index is -0.682. The molecule has 1 fully saturated rings. The number of benzene rings is 2. The Morgan fingerprint density at radius 1 is 1.11 bits per heavy atom. The van der Waals surface area contributed by atoms with Crippen LogP contribution in [0.15, 0.2) is 48.7 Å². The van der Waals surface area contributed by atoms with E-state index in [-0.39, 0.29) is 34.6 Å². The van der Waals surface area contributed by atoms with Crippen molar-refractivity contribution in [2.45, 2.75) is 25.9 Å². The van der Waals surface area contributed by atoms with Crippen LogP contribution in [-0.2, 0) is 11.8 Å². The van der Waals surface area contributed by atoms with Crippen molar-refractivity contribution in [3.8, 4) is 17.2 Å². The molecule has 1 aliphatic heterocycles. The lowest BCUT2D eigenvalue weighted by molar-refractivity contribution is 0.0651. The number of likely N-dealkylation sites (tertiary alicyclic amines) is 1. The highest BCUT2D eigenvalue weighted by molar-refractivity contribution is 6.04. The van der Waals surface area contributed by atoms with Gasteiger partial charge in [-0.2, -0.15) is 5.10 Å². The maximum atomic E-state index is 14.9. The number of amides is 2. The second-order valence-corrected chi connectivity index (χ2v) is 8.52. The Kier molecular flexibility index (Phi) is 7.84. The van der Waals surface area contributed by atoms with Gasteiger partial charge in [-0.25, -0.2) is 4.39 Å². The highest BCUT2D eigenvalue weighted by Gasteiger charge is 2.23. The lowest BCUT2D eigenvalue weighted by atomic mass is 10.1. The number of ether oxygens (including phenoxy) is 3. The number of hydrogen-bond acceptors (Lipinski definition) is 6. The number of methoxy groups -OCH3 is 1. The molecule has 3 aromatic rings. The summed E-state index contributed by atoms with van der Waals surface area (Å²) in [5.41, 5.74) is 0.503. The number of nitrogens with zero attached hydrogens (tertiary/aromatic N) is 3. The Bertz CT molecular complexity index is 1240. The summed E-state index contributed by atoms with van der Waals surface area (Å²) in [6, 6.07) is 10.4. The van der Waals surface area contributed by atoms with Crippen LogP contribution >= 0.6 is 0 Å². The molecule has 36 heavy (non-hydrogen) atoms. The van der Waals surface area contributed by atoms with Crippen LogP contribution in [0.5, 0.6) is 17.2 Å². The van der Waals surface area contributed by atoms with Gasteiger partial charge in [0.1, 0.15) is 17.6 Å². The molecule has 9 nitrogen and oxygen atoms in total. The summed E-state index contributed by atoms with van der Waals surface area (Å²) in [5, 5.41) is 6.88. The molecule has 2 aromatic carbocycles. The van der Waals surface area contributed by atoms with Gasteiger partial charge in [0.25, 0.3) is 11.8 Å². The standard InChI is InChI=1S/C26H29FN4O5/c1-4-19(16-34-3)35-20-12-18(25(32)28-24-8-11-30(2)29-24)13-21(15-20)36-23-7-6-17(14-22(23)27)26(33)31-9-5-10-31/h6-8,11-15,19H,4-5,9-10,16H2,1-3H3,(H,28,29,32). The fraction of sp³-hybridized carbons (Fsp3) is 0.346. The number of aromatic nitrogens is 2. The van der Waals surface area contributed by atoms with Gasteiger partial charge in [0.05, 0.1) is 6.61 Å². The molecule has 1 aliphatic rings. The molecule has 4 rings (SSSR count). The molecule has 0 aliphatic carbocycles. The SMILES string of the molecule is CCC(COC)Oc1cc(Oc2ccc(C(=O)N3CCC3)cc2F)cc(C(=O)Nc2ccn(C)n2)c1. The minimum absolute atomic E-state index is 0.0765. The Hall–Kier alpha value is -3.92. The number of hydrogen-bond donors (Lipinski definition) is 1. The zero-order valence-corrected chi connectivity index (χ0v) is 20.5. The summed E-state index contributed by atoms with van der Waals surface area (Å²) in [5.74, 6) is -0.445. The normalized spacial score (nSPS) is 13.6. The van der Waals surface area contributed by atoms with Crippen molar-refractivity contribution in [1.29, 1.82) is 0 Å². The van der Waals surface area contributed by atoms with Crippen LogP contribution in [0.3, 0.4) is 0 Å². The van der Waals surface area contributed by atoms with Gasteiger partial charge >= 0.3 is 0 Å². The number of carbonyl (C=O) groups excluding carboxylic acids is 2. The molecular formula is C26H29FN4O5. The van der Waals surface area contributed by atoms with Gasteiger partial charge in [-0.3, -0.25) is 14.3 Å². The van der Waals surface area contributed by atoms with E-state index < -0.39 is 11.7 Å². The van der Waals surface area contributed by atoms with Gasteiger partial charge in [-0.05, 0) is 43.2 Å². The summed E-state index contributed by atoms with van der Waals surface area (Å²) in [7, 11) is 3.32. The molecule has 1 saturated heterocycles.